The molecule has 1 aromatic heterocycles. The lowest BCUT2D eigenvalue weighted by Gasteiger charge is -2.26. The van der Waals surface area contributed by atoms with Crippen LogP contribution in [0, 0.1) is 6.92 Å². The number of hydrogen-bond donors (Lipinski definition) is 0. The lowest BCUT2D eigenvalue weighted by molar-refractivity contribution is -0.154. The van der Waals surface area contributed by atoms with Crippen molar-refractivity contribution in [2.24, 2.45) is 0 Å². The van der Waals surface area contributed by atoms with Crippen LogP contribution in [-0.4, -0.2) is 36.5 Å². The highest BCUT2D eigenvalue weighted by molar-refractivity contribution is 7.10. The van der Waals surface area contributed by atoms with Crippen molar-refractivity contribution in [3.05, 3.63) is 51.2 Å². The van der Waals surface area contributed by atoms with Gasteiger partial charge >= 0.3 is 5.97 Å². The zero-order valence-electron chi connectivity index (χ0n) is 16.0. The van der Waals surface area contributed by atoms with Gasteiger partial charge in [0.2, 0.25) is 0 Å². The third kappa shape index (κ3) is 4.89. The standard InChI is InChI=1S/C21H25NO4S/c1-14(2)18-5-4-17(10-15(18)3)25-13-21(24)26-12-20(23)22-8-6-19-16(11-22)7-9-27-19/h4-5,7,9-10,14H,6,8,11-13H2,1-3H3. The second-order valence-electron chi connectivity index (χ2n) is 7.06. The Hall–Kier alpha value is -2.34. The molecule has 27 heavy (non-hydrogen) atoms. The third-order valence-electron chi connectivity index (χ3n) is 4.74. The minimum Gasteiger partial charge on any atom is -0.482 e. The van der Waals surface area contributed by atoms with Gasteiger partial charge in [-0.25, -0.2) is 4.79 Å². The van der Waals surface area contributed by atoms with Gasteiger partial charge < -0.3 is 14.4 Å². The molecule has 1 aromatic carbocycles. The first-order chi connectivity index (χ1) is 12.9. The van der Waals surface area contributed by atoms with E-state index in [0.717, 1.165) is 12.0 Å². The van der Waals surface area contributed by atoms with Crippen molar-refractivity contribution in [2.75, 3.05) is 19.8 Å². The summed E-state index contributed by atoms with van der Waals surface area (Å²) in [6, 6.07) is 7.83. The van der Waals surface area contributed by atoms with Gasteiger partial charge in [-0.2, -0.15) is 0 Å². The van der Waals surface area contributed by atoms with E-state index in [1.807, 2.05) is 36.6 Å². The predicted octanol–water partition coefficient (Wildman–Crippen LogP) is 3.69. The van der Waals surface area contributed by atoms with E-state index in [9.17, 15) is 9.59 Å². The fourth-order valence-electron chi connectivity index (χ4n) is 3.26. The molecule has 0 atom stereocenters. The van der Waals surface area contributed by atoms with Crippen molar-refractivity contribution in [1.29, 1.82) is 0 Å². The maximum absolute atomic E-state index is 12.3. The van der Waals surface area contributed by atoms with Gasteiger partial charge in [-0.3, -0.25) is 4.79 Å². The minimum atomic E-state index is -0.540. The summed E-state index contributed by atoms with van der Waals surface area (Å²) in [7, 11) is 0. The Balaban J connectivity index is 1.43. The van der Waals surface area contributed by atoms with Crippen LogP contribution in [0.3, 0.4) is 0 Å². The summed E-state index contributed by atoms with van der Waals surface area (Å²) < 4.78 is 10.6. The molecule has 0 radical (unpaired) electrons. The second-order valence-corrected chi connectivity index (χ2v) is 8.06. The van der Waals surface area contributed by atoms with Gasteiger partial charge in [0.15, 0.2) is 13.2 Å². The highest BCUT2D eigenvalue weighted by Crippen LogP contribution is 2.24. The average molecular weight is 388 g/mol. The third-order valence-corrected chi connectivity index (χ3v) is 5.76. The molecular formula is C21H25NO4S. The van der Waals surface area contributed by atoms with Crippen LogP contribution < -0.4 is 4.74 Å². The Bertz CT molecular complexity index is 827. The molecule has 6 heteroatoms. The zero-order valence-corrected chi connectivity index (χ0v) is 16.8. The highest BCUT2D eigenvalue weighted by atomic mass is 32.1. The summed E-state index contributed by atoms with van der Waals surface area (Å²) in [6.45, 7) is 7.11. The Kier molecular flexibility index (Phi) is 6.16. The first-order valence-electron chi connectivity index (χ1n) is 9.16. The Morgan fingerprint density at radius 1 is 1.22 bits per heavy atom. The number of amides is 1. The number of esters is 1. The normalized spacial score (nSPS) is 13.4. The van der Waals surface area contributed by atoms with Crippen molar-refractivity contribution in [3.8, 4) is 5.75 Å². The maximum Gasteiger partial charge on any atom is 0.344 e. The lowest BCUT2D eigenvalue weighted by Crippen LogP contribution is -2.38. The summed E-state index contributed by atoms with van der Waals surface area (Å²) in [5.41, 5.74) is 3.57. The molecule has 0 saturated heterocycles. The van der Waals surface area contributed by atoms with Gasteiger partial charge in [0.1, 0.15) is 5.75 Å². The molecule has 0 fully saturated rings. The SMILES string of the molecule is Cc1cc(OCC(=O)OCC(=O)N2CCc3sccc3C2)ccc1C(C)C. The van der Waals surface area contributed by atoms with E-state index < -0.39 is 5.97 Å². The Morgan fingerprint density at radius 2 is 2.04 bits per heavy atom. The summed E-state index contributed by atoms with van der Waals surface area (Å²) in [5, 5.41) is 2.05. The van der Waals surface area contributed by atoms with Gasteiger partial charge in [-0.1, -0.05) is 19.9 Å². The van der Waals surface area contributed by atoms with E-state index in [2.05, 4.69) is 13.8 Å². The molecule has 0 unspecified atom stereocenters. The molecule has 1 aliphatic heterocycles. The minimum absolute atomic E-state index is 0.169. The number of carbonyl (C=O) groups is 2. The van der Waals surface area contributed by atoms with Crippen molar-refractivity contribution >= 4 is 23.2 Å². The molecule has 1 aliphatic rings. The van der Waals surface area contributed by atoms with Crippen molar-refractivity contribution < 1.29 is 19.1 Å². The van der Waals surface area contributed by atoms with Crippen LogP contribution in [0.4, 0.5) is 0 Å². The molecule has 0 spiro atoms. The molecule has 1 amide bonds. The summed E-state index contributed by atoms with van der Waals surface area (Å²) in [6.07, 6.45) is 0.863. The fraction of sp³-hybridized carbons (Fsp3) is 0.429. The van der Waals surface area contributed by atoms with Gasteiger partial charge in [-0.05, 0) is 59.5 Å². The summed E-state index contributed by atoms with van der Waals surface area (Å²) in [5.74, 6) is 0.357. The predicted molar refractivity (Wildman–Crippen MR) is 105 cm³/mol. The average Bonchev–Trinajstić information content (AvgIpc) is 3.11. The fourth-order valence-corrected chi connectivity index (χ4v) is 4.15. The molecule has 5 nitrogen and oxygen atoms in total. The topological polar surface area (TPSA) is 55.8 Å². The largest absolute Gasteiger partial charge is 0.482 e. The van der Waals surface area contributed by atoms with Crippen LogP contribution in [0.2, 0.25) is 0 Å². The molecule has 0 aliphatic carbocycles. The van der Waals surface area contributed by atoms with Crippen molar-refractivity contribution in [3.63, 3.8) is 0 Å². The second kappa shape index (κ2) is 8.57. The van der Waals surface area contributed by atoms with E-state index in [0.29, 0.717) is 24.8 Å². The quantitative estimate of drug-likeness (QED) is 0.710. The summed E-state index contributed by atoms with van der Waals surface area (Å²) >= 11 is 1.73. The molecule has 2 aromatic rings. The number of nitrogens with zero attached hydrogens (tertiary/aromatic N) is 1. The highest BCUT2D eigenvalue weighted by Gasteiger charge is 2.22. The van der Waals surface area contributed by atoms with Gasteiger partial charge in [0.05, 0.1) is 0 Å². The smallest absolute Gasteiger partial charge is 0.344 e. The van der Waals surface area contributed by atoms with E-state index in [1.54, 1.807) is 16.2 Å². The monoisotopic (exact) mass is 387 g/mol. The van der Waals surface area contributed by atoms with Gasteiger partial charge in [-0.15, -0.1) is 11.3 Å². The number of fused-ring (bicyclic) bond motifs is 1. The molecular weight excluding hydrogens is 362 g/mol. The summed E-state index contributed by atoms with van der Waals surface area (Å²) in [4.78, 5) is 27.2. The van der Waals surface area contributed by atoms with Crippen LogP contribution in [0.1, 0.15) is 41.3 Å². The van der Waals surface area contributed by atoms with Crippen LogP contribution in [-0.2, 0) is 27.3 Å². The molecule has 2 heterocycles. The van der Waals surface area contributed by atoms with E-state index in [4.69, 9.17) is 9.47 Å². The van der Waals surface area contributed by atoms with Crippen molar-refractivity contribution in [1.82, 2.24) is 4.90 Å². The van der Waals surface area contributed by atoms with Gasteiger partial charge in [0, 0.05) is 18.0 Å². The van der Waals surface area contributed by atoms with E-state index in [1.165, 1.54) is 16.0 Å². The van der Waals surface area contributed by atoms with Crippen LogP contribution in [0.15, 0.2) is 29.6 Å². The first-order valence-corrected chi connectivity index (χ1v) is 10.0. The number of benzene rings is 1. The molecule has 0 N–H and O–H groups in total. The zero-order chi connectivity index (χ0) is 19.4. The van der Waals surface area contributed by atoms with Crippen LogP contribution >= 0.6 is 11.3 Å². The number of carbonyl (C=O) groups excluding carboxylic acids is 2. The van der Waals surface area contributed by atoms with Crippen LogP contribution in [0.5, 0.6) is 5.75 Å². The number of ether oxygens (including phenoxy) is 2. The molecule has 0 saturated carbocycles. The number of aryl methyl sites for hydroxylation is 1. The van der Waals surface area contributed by atoms with E-state index in [-0.39, 0.29) is 19.1 Å². The number of hydrogen-bond acceptors (Lipinski definition) is 5. The maximum atomic E-state index is 12.3. The van der Waals surface area contributed by atoms with Crippen LogP contribution in [0.25, 0.3) is 0 Å². The number of rotatable bonds is 6. The Morgan fingerprint density at radius 3 is 2.78 bits per heavy atom. The molecule has 144 valence electrons. The van der Waals surface area contributed by atoms with E-state index >= 15 is 0 Å². The van der Waals surface area contributed by atoms with Crippen molar-refractivity contribution in [2.45, 2.75) is 39.7 Å². The molecule has 0 bridgehead atoms. The number of thiophene rings is 1. The molecule has 3 rings (SSSR count). The first kappa shape index (κ1) is 19.4. The van der Waals surface area contributed by atoms with Gasteiger partial charge in [0.25, 0.3) is 5.91 Å². The Labute approximate surface area is 163 Å². The lowest BCUT2D eigenvalue weighted by atomic mass is 9.98.